The SMILES string of the molecule is CCCS(=O)(=O)N1CC(c2cc(OCC)c(OCC)cc2NS(=O)(=O)CC(=O)OCC)N(c2ccc(C#N)cc2)C1=O. The number of hydrogen-bond acceptors (Lipinski definition) is 10. The molecule has 1 saturated heterocycles. The van der Waals surface area contributed by atoms with E-state index in [4.69, 9.17) is 14.2 Å². The minimum absolute atomic E-state index is 0.0110. The largest absolute Gasteiger partial charge is 0.490 e. The van der Waals surface area contributed by atoms with Crippen LogP contribution in [0.1, 0.15) is 51.3 Å². The van der Waals surface area contributed by atoms with Gasteiger partial charge in [0.2, 0.25) is 20.0 Å². The molecular weight excluding hydrogens is 588 g/mol. The van der Waals surface area contributed by atoms with Gasteiger partial charge in [0.15, 0.2) is 17.3 Å². The Morgan fingerprint density at radius 3 is 2.17 bits per heavy atom. The van der Waals surface area contributed by atoms with Crippen LogP contribution in [0.25, 0.3) is 0 Å². The zero-order valence-corrected chi connectivity index (χ0v) is 25.5. The van der Waals surface area contributed by atoms with Crippen LogP contribution in [-0.2, 0) is 29.6 Å². The molecule has 42 heavy (non-hydrogen) atoms. The Labute approximate surface area is 246 Å². The number of amides is 2. The number of carbonyl (C=O) groups is 2. The monoisotopic (exact) mass is 622 g/mol. The van der Waals surface area contributed by atoms with Gasteiger partial charge in [0.1, 0.15) is 0 Å². The average Bonchev–Trinajstić information content (AvgIpc) is 3.27. The second-order valence-corrected chi connectivity index (χ2v) is 12.8. The summed E-state index contributed by atoms with van der Waals surface area (Å²) < 4.78 is 71.7. The minimum atomic E-state index is -4.31. The van der Waals surface area contributed by atoms with E-state index in [1.54, 1.807) is 27.7 Å². The average molecular weight is 623 g/mol. The van der Waals surface area contributed by atoms with E-state index in [1.807, 2.05) is 6.07 Å². The first kappa shape index (κ1) is 32.5. The summed E-state index contributed by atoms with van der Waals surface area (Å²) in [6, 6.07) is 8.94. The first-order chi connectivity index (χ1) is 19.9. The normalized spacial score (nSPS) is 15.3. The number of esters is 1. The molecular formula is C27H34N4O9S2. The molecule has 1 unspecified atom stereocenters. The van der Waals surface area contributed by atoms with E-state index in [0.717, 1.165) is 4.31 Å². The zero-order valence-electron chi connectivity index (χ0n) is 23.8. The van der Waals surface area contributed by atoms with E-state index in [0.29, 0.717) is 5.56 Å². The number of sulfonamides is 2. The van der Waals surface area contributed by atoms with Gasteiger partial charge in [-0.15, -0.1) is 0 Å². The molecule has 0 aliphatic carbocycles. The van der Waals surface area contributed by atoms with E-state index < -0.39 is 43.8 Å². The highest BCUT2D eigenvalue weighted by Gasteiger charge is 2.45. The minimum Gasteiger partial charge on any atom is -0.490 e. The highest BCUT2D eigenvalue weighted by molar-refractivity contribution is 7.93. The molecule has 0 spiro atoms. The molecule has 2 amide bonds. The van der Waals surface area contributed by atoms with Crippen LogP contribution in [-0.4, -0.2) is 71.0 Å². The molecule has 0 radical (unpaired) electrons. The maximum Gasteiger partial charge on any atom is 0.338 e. The number of nitrogens with zero attached hydrogens (tertiary/aromatic N) is 3. The summed E-state index contributed by atoms with van der Waals surface area (Å²) in [5.74, 6) is -1.78. The van der Waals surface area contributed by atoms with Gasteiger partial charge in [0.25, 0.3) is 0 Å². The van der Waals surface area contributed by atoms with E-state index in [-0.39, 0.29) is 67.0 Å². The Morgan fingerprint density at radius 1 is 1.00 bits per heavy atom. The lowest BCUT2D eigenvalue weighted by molar-refractivity contribution is -0.139. The molecule has 1 aliphatic rings. The fourth-order valence-electron chi connectivity index (χ4n) is 4.43. The lowest BCUT2D eigenvalue weighted by Crippen LogP contribution is -2.37. The van der Waals surface area contributed by atoms with Gasteiger partial charge < -0.3 is 14.2 Å². The van der Waals surface area contributed by atoms with Crippen molar-refractivity contribution in [2.75, 3.05) is 47.5 Å². The van der Waals surface area contributed by atoms with Gasteiger partial charge in [0, 0.05) is 17.3 Å². The van der Waals surface area contributed by atoms with E-state index >= 15 is 0 Å². The number of rotatable bonds is 14. The fraction of sp³-hybridized carbons (Fsp3) is 0.444. The second-order valence-electron chi connectivity index (χ2n) is 9.09. The number of nitriles is 1. The third-order valence-corrected chi connectivity index (χ3v) is 9.14. The number of benzene rings is 2. The number of nitrogens with one attached hydrogen (secondary N) is 1. The molecule has 0 aromatic heterocycles. The number of carbonyl (C=O) groups excluding carboxylic acids is 2. The maximum atomic E-state index is 13.7. The predicted octanol–water partition coefficient (Wildman–Crippen LogP) is 3.38. The third kappa shape index (κ3) is 7.42. The van der Waals surface area contributed by atoms with Gasteiger partial charge in [-0.2, -0.15) is 5.26 Å². The molecule has 1 heterocycles. The van der Waals surface area contributed by atoms with Crippen molar-refractivity contribution in [1.29, 1.82) is 5.26 Å². The second kappa shape index (κ2) is 13.8. The third-order valence-electron chi connectivity index (χ3n) is 6.10. The molecule has 0 bridgehead atoms. The Balaban J connectivity index is 2.25. The van der Waals surface area contributed by atoms with Crippen molar-refractivity contribution in [3.05, 3.63) is 47.5 Å². The summed E-state index contributed by atoms with van der Waals surface area (Å²) >= 11 is 0. The molecule has 3 rings (SSSR count). The van der Waals surface area contributed by atoms with Crippen LogP contribution >= 0.6 is 0 Å². The molecule has 1 aliphatic heterocycles. The number of anilines is 2. The standard InChI is InChI=1S/C27H34N4O9S2/c1-5-13-42(36,37)30-17-23(31(27(30)33)20-11-9-19(16-28)10-12-20)21-14-24(38-6-2)25(39-7-3)15-22(21)29-41(34,35)18-26(32)40-8-4/h9-12,14-15,23,29H,5-8,13,17-18H2,1-4H3. The quantitative estimate of drug-likeness (QED) is 0.308. The lowest BCUT2D eigenvalue weighted by Gasteiger charge is -2.26. The Morgan fingerprint density at radius 2 is 1.62 bits per heavy atom. The van der Waals surface area contributed by atoms with Crippen molar-refractivity contribution in [2.24, 2.45) is 0 Å². The van der Waals surface area contributed by atoms with Crippen LogP contribution < -0.4 is 19.1 Å². The smallest absolute Gasteiger partial charge is 0.338 e. The summed E-state index contributed by atoms with van der Waals surface area (Å²) in [6.45, 7) is 6.79. The first-order valence-corrected chi connectivity index (χ1v) is 16.6. The van der Waals surface area contributed by atoms with Crippen LogP contribution in [0.4, 0.5) is 16.2 Å². The summed E-state index contributed by atoms with van der Waals surface area (Å²) in [5, 5.41) is 9.23. The Kier molecular flexibility index (Phi) is 10.6. The number of urea groups is 1. The molecule has 1 fully saturated rings. The summed E-state index contributed by atoms with van der Waals surface area (Å²) in [5.41, 5.74) is 0.758. The predicted molar refractivity (Wildman–Crippen MR) is 155 cm³/mol. The fourth-order valence-corrected chi connectivity index (χ4v) is 6.84. The topological polar surface area (TPSA) is 172 Å². The van der Waals surface area contributed by atoms with E-state index in [9.17, 15) is 31.7 Å². The lowest BCUT2D eigenvalue weighted by atomic mass is 10.0. The maximum absolute atomic E-state index is 13.7. The molecule has 15 heteroatoms. The highest BCUT2D eigenvalue weighted by Crippen LogP contribution is 2.43. The van der Waals surface area contributed by atoms with Crippen LogP contribution in [0.15, 0.2) is 36.4 Å². The van der Waals surface area contributed by atoms with Crippen LogP contribution in [0.2, 0.25) is 0 Å². The Bertz CT molecular complexity index is 1550. The molecule has 1 N–H and O–H groups in total. The summed E-state index contributed by atoms with van der Waals surface area (Å²) in [7, 11) is -8.34. The van der Waals surface area contributed by atoms with Crippen LogP contribution in [0, 0.1) is 11.3 Å². The number of hydrogen-bond donors (Lipinski definition) is 1. The van der Waals surface area contributed by atoms with Crippen LogP contribution in [0.5, 0.6) is 11.5 Å². The van der Waals surface area contributed by atoms with E-state index in [2.05, 4.69) is 4.72 Å². The molecule has 13 nitrogen and oxygen atoms in total. The molecule has 1 atom stereocenters. The summed E-state index contributed by atoms with van der Waals surface area (Å²) in [6.07, 6.45) is 0.268. The van der Waals surface area contributed by atoms with Crippen molar-refractivity contribution in [3.63, 3.8) is 0 Å². The Hall–Kier alpha value is -4.03. The van der Waals surface area contributed by atoms with Gasteiger partial charge in [-0.05, 0) is 57.5 Å². The van der Waals surface area contributed by atoms with Crippen molar-refractivity contribution >= 4 is 43.4 Å². The van der Waals surface area contributed by atoms with Crippen molar-refractivity contribution in [3.8, 4) is 17.6 Å². The first-order valence-electron chi connectivity index (χ1n) is 13.3. The van der Waals surface area contributed by atoms with Crippen LogP contribution in [0.3, 0.4) is 0 Å². The van der Waals surface area contributed by atoms with Crippen molar-refractivity contribution in [1.82, 2.24) is 4.31 Å². The molecule has 2 aromatic rings. The zero-order chi connectivity index (χ0) is 31.1. The van der Waals surface area contributed by atoms with Crippen molar-refractivity contribution in [2.45, 2.75) is 40.2 Å². The van der Waals surface area contributed by atoms with Gasteiger partial charge in [0.05, 0.1) is 55.5 Å². The molecule has 228 valence electrons. The van der Waals surface area contributed by atoms with Gasteiger partial charge in [-0.3, -0.25) is 14.4 Å². The van der Waals surface area contributed by atoms with Gasteiger partial charge in [-0.25, -0.2) is 25.9 Å². The summed E-state index contributed by atoms with van der Waals surface area (Å²) in [4.78, 5) is 26.9. The van der Waals surface area contributed by atoms with Crippen molar-refractivity contribution < 1.29 is 40.6 Å². The molecule has 0 saturated carbocycles. The highest BCUT2D eigenvalue weighted by atomic mass is 32.2. The van der Waals surface area contributed by atoms with Gasteiger partial charge in [-0.1, -0.05) is 6.92 Å². The van der Waals surface area contributed by atoms with Gasteiger partial charge >= 0.3 is 12.0 Å². The molecule has 2 aromatic carbocycles. The van der Waals surface area contributed by atoms with E-state index in [1.165, 1.54) is 41.3 Å². The number of ether oxygens (including phenoxy) is 3.